The van der Waals surface area contributed by atoms with Gasteiger partial charge >= 0.3 is 0 Å². The van der Waals surface area contributed by atoms with Gasteiger partial charge in [0.05, 0.1) is 15.2 Å². The molecule has 2 rings (SSSR count). The summed E-state index contributed by atoms with van der Waals surface area (Å²) in [5.74, 6) is 1.65. The molecule has 1 unspecified atom stereocenters. The highest BCUT2D eigenvalue weighted by Gasteiger charge is 2.42. The van der Waals surface area contributed by atoms with Gasteiger partial charge in [-0.05, 0) is 55.0 Å². The molecule has 0 spiro atoms. The van der Waals surface area contributed by atoms with Gasteiger partial charge in [-0.2, -0.15) is 0 Å². The number of aryl methyl sites for hydroxylation is 1. The van der Waals surface area contributed by atoms with Gasteiger partial charge < -0.3 is 4.74 Å². The van der Waals surface area contributed by atoms with Gasteiger partial charge in [-0.15, -0.1) is 0 Å². The summed E-state index contributed by atoms with van der Waals surface area (Å²) < 4.78 is 6.18. The molecule has 0 radical (unpaired) electrons. The fourth-order valence-electron chi connectivity index (χ4n) is 4.78. The molecule has 28 heavy (non-hydrogen) atoms. The van der Waals surface area contributed by atoms with Gasteiger partial charge in [0.1, 0.15) is 5.75 Å². The summed E-state index contributed by atoms with van der Waals surface area (Å²) in [6.45, 7) is 28.4. The highest BCUT2D eigenvalue weighted by Crippen LogP contribution is 2.49. The van der Waals surface area contributed by atoms with Crippen molar-refractivity contribution in [2.75, 3.05) is 7.11 Å². The predicted molar refractivity (Wildman–Crippen MR) is 128 cm³/mol. The fourth-order valence-corrected chi connectivity index (χ4v) is 6.98. The Morgan fingerprint density at radius 3 is 1.82 bits per heavy atom. The van der Waals surface area contributed by atoms with Crippen LogP contribution in [0.3, 0.4) is 0 Å². The maximum atomic E-state index is 6.18. The summed E-state index contributed by atoms with van der Waals surface area (Å²) in [5.41, 5.74) is 8.58. The molecule has 0 bridgehead atoms. The first-order valence-electron chi connectivity index (χ1n) is 10.7. The van der Waals surface area contributed by atoms with Crippen molar-refractivity contribution < 1.29 is 4.74 Å². The van der Waals surface area contributed by atoms with Crippen LogP contribution >= 0.6 is 0 Å². The fraction of sp³-hybridized carbons (Fsp3) is 0.615. The first-order chi connectivity index (χ1) is 12.6. The molecule has 1 atom stereocenters. The van der Waals surface area contributed by atoms with Crippen molar-refractivity contribution in [3.8, 4) is 5.75 Å². The molecule has 156 valence electrons. The summed E-state index contributed by atoms with van der Waals surface area (Å²) in [6, 6.07) is 4.75. The van der Waals surface area contributed by atoms with E-state index in [0.29, 0.717) is 5.92 Å². The minimum absolute atomic E-state index is 0.0886. The van der Waals surface area contributed by atoms with Crippen molar-refractivity contribution >= 4 is 13.3 Å². The summed E-state index contributed by atoms with van der Waals surface area (Å²) in [5, 5.41) is 1.71. The monoisotopic (exact) mass is 398 g/mol. The first-order valence-corrected chi connectivity index (χ1v) is 13.7. The van der Waals surface area contributed by atoms with E-state index >= 15 is 0 Å². The Hall–Kier alpha value is -1.28. The van der Waals surface area contributed by atoms with Crippen molar-refractivity contribution in [3.05, 3.63) is 45.6 Å². The Balaban J connectivity index is 2.84. The minimum atomic E-state index is -1.74. The second kappa shape index (κ2) is 7.20. The Bertz CT molecular complexity index is 844. The van der Waals surface area contributed by atoms with E-state index in [9.17, 15) is 0 Å². The number of allylic oxidation sites excluding steroid dienone is 4. The lowest BCUT2D eigenvalue weighted by Gasteiger charge is -2.40. The molecule has 0 aromatic heterocycles. The van der Waals surface area contributed by atoms with Crippen LogP contribution in [-0.2, 0) is 5.41 Å². The van der Waals surface area contributed by atoms with Crippen LogP contribution in [0.4, 0.5) is 0 Å². The number of rotatable bonds is 4. The van der Waals surface area contributed by atoms with Crippen LogP contribution in [0, 0.1) is 12.8 Å². The van der Waals surface area contributed by atoms with Crippen LogP contribution in [0.1, 0.15) is 73.4 Å². The third-order valence-corrected chi connectivity index (χ3v) is 13.4. The van der Waals surface area contributed by atoms with E-state index in [-0.39, 0.29) is 10.5 Å². The number of methoxy groups -OCH3 is 1. The van der Waals surface area contributed by atoms with Crippen LogP contribution in [0.2, 0.25) is 18.1 Å². The van der Waals surface area contributed by atoms with Gasteiger partial charge in [-0.25, -0.2) is 0 Å². The SMILES string of the molecule is COc1c(C(C)(C)C2=C(C)C(C)C(C)=C2C)cc(C)cc1[Si](C)(C)C(C)(C)C. The maximum absolute atomic E-state index is 6.18. The highest BCUT2D eigenvalue weighted by atomic mass is 28.3. The van der Waals surface area contributed by atoms with E-state index in [0.717, 1.165) is 5.75 Å². The van der Waals surface area contributed by atoms with Gasteiger partial charge in [0.2, 0.25) is 0 Å². The maximum Gasteiger partial charge on any atom is 0.122 e. The van der Waals surface area contributed by atoms with E-state index in [4.69, 9.17) is 4.74 Å². The molecule has 0 saturated carbocycles. The van der Waals surface area contributed by atoms with Crippen molar-refractivity contribution in [3.63, 3.8) is 0 Å². The van der Waals surface area contributed by atoms with Crippen LogP contribution in [0.15, 0.2) is 34.4 Å². The molecule has 0 N–H and O–H groups in total. The van der Waals surface area contributed by atoms with Crippen molar-refractivity contribution in [1.82, 2.24) is 0 Å². The van der Waals surface area contributed by atoms with E-state index < -0.39 is 8.07 Å². The average molecular weight is 399 g/mol. The second-order valence-electron chi connectivity index (χ2n) is 11.0. The second-order valence-corrected chi connectivity index (χ2v) is 16.3. The van der Waals surface area contributed by atoms with Crippen molar-refractivity contribution in [1.29, 1.82) is 0 Å². The zero-order valence-corrected chi connectivity index (χ0v) is 21.6. The molecule has 0 amide bonds. The molecule has 1 aliphatic rings. The topological polar surface area (TPSA) is 9.23 Å². The molecule has 1 aliphatic carbocycles. The number of hydrogen-bond donors (Lipinski definition) is 0. The lowest BCUT2D eigenvalue weighted by Crippen LogP contribution is -2.50. The summed E-state index contributed by atoms with van der Waals surface area (Å²) >= 11 is 0. The normalized spacial score (nSPS) is 19.0. The molecule has 1 nitrogen and oxygen atoms in total. The van der Waals surface area contributed by atoms with Gasteiger partial charge in [-0.3, -0.25) is 0 Å². The molecule has 2 heteroatoms. The predicted octanol–water partition coefficient (Wildman–Crippen LogP) is 7.30. The standard InChI is InChI=1S/C26H42OSi/c1-16-14-21(24(27-11)22(15-16)28(12,13)25(6,7)8)26(9,10)23-19(4)17(2)18(3)20(23)5/h14-15,17H,1-13H3. The third kappa shape index (κ3) is 3.42. The highest BCUT2D eigenvalue weighted by molar-refractivity contribution is 6.92. The quantitative estimate of drug-likeness (QED) is 0.483. The van der Waals surface area contributed by atoms with E-state index in [2.05, 4.69) is 94.5 Å². The van der Waals surface area contributed by atoms with Gasteiger partial charge in [-0.1, -0.05) is 83.5 Å². The molecule has 1 aromatic rings. The molecule has 0 aliphatic heterocycles. The van der Waals surface area contributed by atoms with Crippen LogP contribution < -0.4 is 9.92 Å². The lowest BCUT2D eigenvalue weighted by molar-refractivity contribution is 0.403. The van der Waals surface area contributed by atoms with Crippen LogP contribution in [-0.4, -0.2) is 15.2 Å². The lowest BCUT2D eigenvalue weighted by atomic mass is 9.73. The Kier molecular flexibility index (Phi) is 5.91. The minimum Gasteiger partial charge on any atom is -0.497 e. The van der Waals surface area contributed by atoms with Crippen molar-refractivity contribution in [2.24, 2.45) is 5.92 Å². The zero-order chi connectivity index (χ0) is 21.8. The van der Waals surface area contributed by atoms with Crippen molar-refractivity contribution in [2.45, 2.75) is 92.8 Å². The smallest absolute Gasteiger partial charge is 0.122 e. The summed E-state index contributed by atoms with van der Waals surface area (Å²) in [7, 11) is 0.113. The molecule has 1 aromatic carbocycles. The van der Waals surface area contributed by atoms with Gasteiger partial charge in [0.25, 0.3) is 0 Å². The van der Waals surface area contributed by atoms with Gasteiger partial charge in [0, 0.05) is 11.0 Å². The van der Waals surface area contributed by atoms with E-state index in [1.165, 1.54) is 38.6 Å². The largest absolute Gasteiger partial charge is 0.497 e. The molecular weight excluding hydrogens is 356 g/mol. The first kappa shape index (κ1) is 23.0. The number of benzene rings is 1. The molecule has 0 heterocycles. The Morgan fingerprint density at radius 2 is 1.43 bits per heavy atom. The zero-order valence-electron chi connectivity index (χ0n) is 20.6. The summed E-state index contributed by atoms with van der Waals surface area (Å²) in [6.07, 6.45) is 0. The molecule has 0 saturated heterocycles. The molecular formula is C26H42OSi. The summed E-state index contributed by atoms with van der Waals surface area (Å²) in [4.78, 5) is 0. The Morgan fingerprint density at radius 1 is 0.893 bits per heavy atom. The average Bonchev–Trinajstić information content (AvgIpc) is 2.76. The molecule has 0 fully saturated rings. The van der Waals surface area contributed by atoms with Gasteiger partial charge in [0.15, 0.2) is 0 Å². The van der Waals surface area contributed by atoms with E-state index in [1.807, 2.05) is 7.11 Å². The number of hydrogen-bond acceptors (Lipinski definition) is 1. The van der Waals surface area contributed by atoms with E-state index in [1.54, 1.807) is 0 Å². The van der Waals surface area contributed by atoms with Crippen LogP contribution in [0.5, 0.6) is 5.75 Å². The number of ether oxygens (including phenoxy) is 1. The van der Waals surface area contributed by atoms with Crippen LogP contribution in [0.25, 0.3) is 0 Å². The third-order valence-electron chi connectivity index (χ3n) is 7.94. The Labute approximate surface area is 175 Å².